The molecule has 0 aliphatic heterocycles. The molecule has 0 aliphatic rings. The van der Waals surface area contributed by atoms with Crippen molar-refractivity contribution in [2.24, 2.45) is 0 Å². The number of hydrogen-bond acceptors (Lipinski definition) is 4. The summed E-state index contributed by atoms with van der Waals surface area (Å²) in [6.45, 7) is 11.5. The third kappa shape index (κ3) is 4.88. The first kappa shape index (κ1) is 14.2. The molecule has 0 amide bonds. The topological polar surface area (TPSA) is 41.3 Å². The molecule has 1 aromatic heterocycles. The Morgan fingerprint density at radius 2 is 2.12 bits per heavy atom. The highest BCUT2D eigenvalue weighted by Crippen LogP contribution is 2.14. The van der Waals surface area contributed by atoms with E-state index < -0.39 is 0 Å². The molecule has 1 rings (SSSR count). The quantitative estimate of drug-likeness (QED) is 0.792. The summed E-state index contributed by atoms with van der Waals surface area (Å²) in [5.74, 6) is 1.36. The van der Waals surface area contributed by atoms with Crippen molar-refractivity contribution in [1.29, 1.82) is 0 Å². The van der Waals surface area contributed by atoms with Crippen LogP contribution in [0.2, 0.25) is 0 Å². The van der Waals surface area contributed by atoms with Gasteiger partial charge in [-0.05, 0) is 20.5 Å². The number of likely N-dealkylation sites (N-methyl/N-ethyl adjacent to an activating group) is 1. The van der Waals surface area contributed by atoms with E-state index in [2.05, 4.69) is 50.1 Å². The van der Waals surface area contributed by atoms with Crippen LogP contribution in [0.25, 0.3) is 0 Å². The lowest BCUT2D eigenvalue weighted by Gasteiger charge is -2.20. The predicted molar refractivity (Wildman–Crippen MR) is 70.1 cm³/mol. The minimum atomic E-state index is 0.403. The molecule has 0 saturated heterocycles. The Labute approximate surface area is 104 Å². The van der Waals surface area contributed by atoms with Crippen LogP contribution in [0.5, 0.6) is 0 Å². The summed E-state index contributed by atoms with van der Waals surface area (Å²) in [5.41, 5.74) is 0.986. The molecule has 1 aromatic rings. The van der Waals surface area contributed by atoms with Crippen molar-refractivity contribution in [2.45, 2.75) is 46.2 Å². The summed E-state index contributed by atoms with van der Waals surface area (Å²) in [6, 6.07) is 2.49. The van der Waals surface area contributed by atoms with E-state index in [1.165, 1.54) is 0 Å². The normalized spacial score (nSPS) is 13.6. The SMILES string of the molecule is CCN(C)CC(C)NCc1cc(C(C)C)on1. The van der Waals surface area contributed by atoms with E-state index in [1.54, 1.807) is 0 Å². The lowest BCUT2D eigenvalue weighted by Crippen LogP contribution is -2.36. The maximum Gasteiger partial charge on any atom is 0.139 e. The number of rotatable bonds is 7. The Kier molecular flexibility index (Phi) is 5.65. The fraction of sp³-hybridized carbons (Fsp3) is 0.769. The molecule has 1 N–H and O–H groups in total. The van der Waals surface area contributed by atoms with Crippen LogP contribution in [-0.4, -0.2) is 36.2 Å². The van der Waals surface area contributed by atoms with Gasteiger partial charge in [0.1, 0.15) is 5.76 Å². The van der Waals surface area contributed by atoms with Gasteiger partial charge < -0.3 is 14.7 Å². The average Bonchev–Trinajstić information content (AvgIpc) is 2.75. The van der Waals surface area contributed by atoms with E-state index in [1.807, 2.05) is 6.07 Å². The van der Waals surface area contributed by atoms with Crippen molar-refractivity contribution >= 4 is 0 Å². The van der Waals surface area contributed by atoms with Crippen molar-refractivity contribution in [2.75, 3.05) is 20.1 Å². The van der Waals surface area contributed by atoms with Gasteiger partial charge in [0.05, 0.1) is 5.69 Å². The molecule has 0 bridgehead atoms. The zero-order chi connectivity index (χ0) is 12.8. The van der Waals surface area contributed by atoms with Gasteiger partial charge in [-0.25, -0.2) is 0 Å². The molecule has 1 heterocycles. The Bertz CT molecular complexity index is 322. The van der Waals surface area contributed by atoms with Crippen LogP contribution < -0.4 is 5.32 Å². The second-order valence-corrected chi connectivity index (χ2v) is 5.01. The van der Waals surface area contributed by atoms with Gasteiger partial charge >= 0.3 is 0 Å². The van der Waals surface area contributed by atoms with Gasteiger partial charge in [-0.3, -0.25) is 0 Å². The van der Waals surface area contributed by atoms with Gasteiger partial charge in [0.25, 0.3) is 0 Å². The second-order valence-electron chi connectivity index (χ2n) is 5.01. The van der Waals surface area contributed by atoms with Crippen LogP contribution in [0.1, 0.15) is 45.1 Å². The highest BCUT2D eigenvalue weighted by atomic mass is 16.5. The van der Waals surface area contributed by atoms with Gasteiger partial charge in [0, 0.05) is 31.1 Å². The summed E-state index contributed by atoms with van der Waals surface area (Å²) in [5, 5.41) is 7.51. The second kappa shape index (κ2) is 6.77. The summed E-state index contributed by atoms with van der Waals surface area (Å²) < 4.78 is 5.26. The minimum Gasteiger partial charge on any atom is -0.361 e. The largest absolute Gasteiger partial charge is 0.361 e. The number of nitrogens with one attached hydrogen (secondary N) is 1. The number of nitrogens with zero attached hydrogens (tertiary/aromatic N) is 2. The first-order valence-corrected chi connectivity index (χ1v) is 6.40. The predicted octanol–water partition coefficient (Wildman–Crippen LogP) is 2.23. The van der Waals surface area contributed by atoms with Gasteiger partial charge in [-0.2, -0.15) is 0 Å². The van der Waals surface area contributed by atoms with Gasteiger partial charge in [-0.1, -0.05) is 25.9 Å². The van der Waals surface area contributed by atoms with E-state index in [4.69, 9.17) is 4.52 Å². The van der Waals surface area contributed by atoms with Crippen LogP contribution in [0.4, 0.5) is 0 Å². The smallest absolute Gasteiger partial charge is 0.139 e. The zero-order valence-electron chi connectivity index (χ0n) is 11.7. The van der Waals surface area contributed by atoms with Crippen LogP contribution in [-0.2, 0) is 6.54 Å². The molecule has 0 spiro atoms. The van der Waals surface area contributed by atoms with Crippen molar-refractivity contribution in [1.82, 2.24) is 15.4 Å². The Balaban J connectivity index is 2.34. The molecule has 1 unspecified atom stereocenters. The van der Waals surface area contributed by atoms with Gasteiger partial charge in [0.15, 0.2) is 0 Å². The summed E-state index contributed by atoms with van der Waals surface area (Å²) in [4.78, 5) is 2.29. The van der Waals surface area contributed by atoms with Crippen LogP contribution in [0.3, 0.4) is 0 Å². The molecule has 4 heteroatoms. The molecule has 4 nitrogen and oxygen atoms in total. The maximum atomic E-state index is 5.26. The van der Waals surface area contributed by atoms with Crippen molar-refractivity contribution in [3.05, 3.63) is 17.5 Å². The van der Waals surface area contributed by atoms with Crippen LogP contribution in [0, 0.1) is 0 Å². The number of aromatic nitrogens is 1. The summed E-state index contributed by atoms with van der Waals surface area (Å²) >= 11 is 0. The molecular formula is C13H25N3O. The summed E-state index contributed by atoms with van der Waals surface area (Å²) in [6.07, 6.45) is 0. The maximum absolute atomic E-state index is 5.26. The molecule has 0 fully saturated rings. The van der Waals surface area contributed by atoms with E-state index in [0.29, 0.717) is 12.0 Å². The minimum absolute atomic E-state index is 0.403. The van der Waals surface area contributed by atoms with E-state index in [-0.39, 0.29) is 0 Å². The van der Waals surface area contributed by atoms with E-state index in [9.17, 15) is 0 Å². The molecular weight excluding hydrogens is 214 g/mol. The van der Waals surface area contributed by atoms with Crippen LogP contribution in [0.15, 0.2) is 10.6 Å². The lowest BCUT2D eigenvalue weighted by atomic mass is 10.1. The standard InChI is InChI=1S/C13H25N3O/c1-6-16(5)9-11(4)14-8-12-7-13(10(2)3)17-15-12/h7,10-11,14H,6,8-9H2,1-5H3. The van der Waals surface area contributed by atoms with Crippen molar-refractivity contribution < 1.29 is 4.52 Å². The fourth-order valence-corrected chi connectivity index (χ4v) is 1.62. The monoisotopic (exact) mass is 239 g/mol. The molecule has 1 atom stereocenters. The third-order valence-electron chi connectivity index (χ3n) is 2.90. The van der Waals surface area contributed by atoms with Gasteiger partial charge in [-0.15, -0.1) is 0 Å². The van der Waals surface area contributed by atoms with Crippen molar-refractivity contribution in [3.8, 4) is 0 Å². The molecule has 0 saturated carbocycles. The molecule has 17 heavy (non-hydrogen) atoms. The van der Waals surface area contributed by atoms with E-state index >= 15 is 0 Å². The van der Waals surface area contributed by atoms with Gasteiger partial charge in [0.2, 0.25) is 0 Å². The summed E-state index contributed by atoms with van der Waals surface area (Å²) in [7, 11) is 2.13. The average molecular weight is 239 g/mol. The Morgan fingerprint density at radius 1 is 1.41 bits per heavy atom. The van der Waals surface area contributed by atoms with Crippen molar-refractivity contribution in [3.63, 3.8) is 0 Å². The fourth-order valence-electron chi connectivity index (χ4n) is 1.62. The highest BCUT2D eigenvalue weighted by molar-refractivity contribution is 5.08. The molecule has 0 radical (unpaired) electrons. The highest BCUT2D eigenvalue weighted by Gasteiger charge is 2.09. The third-order valence-corrected chi connectivity index (χ3v) is 2.90. The molecule has 98 valence electrons. The van der Waals surface area contributed by atoms with E-state index in [0.717, 1.165) is 31.1 Å². The van der Waals surface area contributed by atoms with Crippen LogP contribution >= 0.6 is 0 Å². The zero-order valence-corrected chi connectivity index (χ0v) is 11.7. The molecule has 0 aliphatic carbocycles. The number of hydrogen-bond donors (Lipinski definition) is 1. The lowest BCUT2D eigenvalue weighted by molar-refractivity contribution is 0.306. The Hall–Kier alpha value is -0.870. The molecule has 0 aromatic carbocycles. The Morgan fingerprint density at radius 3 is 2.65 bits per heavy atom. The first-order chi connectivity index (χ1) is 8.02. The first-order valence-electron chi connectivity index (χ1n) is 6.40.